The number of aliphatic hydroxyl groups excluding tert-OH is 1. The standard InChI is InChI=1S/C16H21N3O3/c1-21-13-6-4-5-12(9-13)15-18-14(22-19-15)10-17-16(11-20)7-2-3-8-16/h4-6,9,17,20H,2-3,7-8,10-11H2,1H3. The molecule has 0 unspecified atom stereocenters. The van der Waals surface area contributed by atoms with Crippen molar-refractivity contribution in [1.82, 2.24) is 15.5 Å². The second-order valence-electron chi connectivity index (χ2n) is 5.74. The highest BCUT2D eigenvalue weighted by Gasteiger charge is 2.32. The predicted octanol–water partition coefficient (Wildman–Crippen LogP) is 2.14. The van der Waals surface area contributed by atoms with Crippen LogP contribution in [-0.4, -0.2) is 34.5 Å². The Morgan fingerprint density at radius 2 is 2.18 bits per heavy atom. The number of nitrogens with one attached hydrogen (secondary N) is 1. The second kappa shape index (κ2) is 6.46. The van der Waals surface area contributed by atoms with E-state index in [2.05, 4.69) is 15.5 Å². The molecule has 0 bridgehead atoms. The first-order valence-corrected chi connectivity index (χ1v) is 7.58. The van der Waals surface area contributed by atoms with Gasteiger partial charge in [0, 0.05) is 11.1 Å². The minimum absolute atomic E-state index is 0.143. The molecule has 2 N–H and O–H groups in total. The van der Waals surface area contributed by atoms with Gasteiger partial charge in [-0.25, -0.2) is 0 Å². The van der Waals surface area contributed by atoms with E-state index in [0.717, 1.165) is 37.0 Å². The topological polar surface area (TPSA) is 80.4 Å². The van der Waals surface area contributed by atoms with Gasteiger partial charge >= 0.3 is 0 Å². The summed E-state index contributed by atoms with van der Waals surface area (Å²) >= 11 is 0. The van der Waals surface area contributed by atoms with E-state index in [1.807, 2.05) is 24.3 Å². The highest BCUT2D eigenvalue weighted by Crippen LogP contribution is 2.29. The first-order valence-electron chi connectivity index (χ1n) is 7.58. The Hall–Kier alpha value is -1.92. The maximum absolute atomic E-state index is 9.59. The number of aromatic nitrogens is 2. The molecular formula is C16H21N3O3. The summed E-state index contributed by atoms with van der Waals surface area (Å²) in [4.78, 5) is 4.40. The van der Waals surface area contributed by atoms with Crippen molar-refractivity contribution < 1.29 is 14.4 Å². The SMILES string of the molecule is COc1cccc(-c2noc(CNC3(CO)CCCC3)n2)c1. The Kier molecular flexibility index (Phi) is 4.40. The number of hydrogen-bond acceptors (Lipinski definition) is 6. The molecule has 0 saturated heterocycles. The van der Waals surface area contributed by atoms with Crippen LogP contribution in [0.5, 0.6) is 5.75 Å². The molecule has 1 aliphatic rings. The van der Waals surface area contributed by atoms with Gasteiger partial charge in [-0.2, -0.15) is 4.98 Å². The number of hydrogen-bond donors (Lipinski definition) is 2. The summed E-state index contributed by atoms with van der Waals surface area (Å²) in [6, 6.07) is 7.55. The van der Waals surface area contributed by atoms with Crippen LogP contribution in [0.15, 0.2) is 28.8 Å². The van der Waals surface area contributed by atoms with Crippen molar-refractivity contribution in [3.05, 3.63) is 30.2 Å². The summed E-state index contributed by atoms with van der Waals surface area (Å²) in [6.45, 7) is 0.613. The first kappa shape index (κ1) is 15.0. The van der Waals surface area contributed by atoms with E-state index >= 15 is 0 Å². The van der Waals surface area contributed by atoms with Crippen LogP contribution in [0.3, 0.4) is 0 Å². The van der Waals surface area contributed by atoms with E-state index < -0.39 is 0 Å². The van der Waals surface area contributed by atoms with Gasteiger partial charge < -0.3 is 19.7 Å². The van der Waals surface area contributed by atoms with Crippen molar-refractivity contribution in [3.63, 3.8) is 0 Å². The summed E-state index contributed by atoms with van der Waals surface area (Å²) in [5.74, 6) is 1.82. The van der Waals surface area contributed by atoms with Crippen molar-refractivity contribution >= 4 is 0 Å². The molecule has 0 amide bonds. The van der Waals surface area contributed by atoms with Gasteiger partial charge in [-0.05, 0) is 25.0 Å². The van der Waals surface area contributed by atoms with Crippen LogP contribution in [0, 0.1) is 0 Å². The maximum Gasteiger partial charge on any atom is 0.240 e. The molecule has 6 nitrogen and oxygen atoms in total. The van der Waals surface area contributed by atoms with Gasteiger partial charge in [-0.15, -0.1) is 0 Å². The Morgan fingerprint density at radius 1 is 1.36 bits per heavy atom. The molecule has 1 fully saturated rings. The average molecular weight is 303 g/mol. The third-order valence-electron chi connectivity index (χ3n) is 4.27. The molecule has 1 saturated carbocycles. The molecule has 0 radical (unpaired) electrons. The minimum atomic E-state index is -0.190. The average Bonchev–Trinajstić information content (AvgIpc) is 3.23. The van der Waals surface area contributed by atoms with Gasteiger partial charge in [0.25, 0.3) is 0 Å². The Bertz CT molecular complexity index is 621. The first-order chi connectivity index (χ1) is 10.7. The fourth-order valence-corrected chi connectivity index (χ4v) is 2.91. The van der Waals surface area contributed by atoms with Crippen LogP contribution in [0.25, 0.3) is 11.4 Å². The van der Waals surface area contributed by atoms with Crippen LogP contribution >= 0.6 is 0 Å². The largest absolute Gasteiger partial charge is 0.497 e. The van der Waals surface area contributed by atoms with Crippen LogP contribution in [-0.2, 0) is 6.54 Å². The monoisotopic (exact) mass is 303 g/mol. The summed E-state index contributed by atoms with van der Waals surface area (Å²) in [7, 11) is 1.63. The predicted molar refractivity (Wildman–Crippen MR) is 81.4 cm³/mol. The molecule has 0 aliphatic heterocycles. The van der Waals surface area contributed by atoms with E-state index in [4.69, 9.17) is 9.26 Å². The number of aliphatic hydroxyl groups is 1. The number of benzene rings is 1. The van der Waals surface area contributed by atoms with Crippen molar-refractivity contribution in [2.45, 2.75) is 37.8 Å². The fourth-order valence-electron chi connectivity index (χ4n) is 2.91. The Balaban J connectivity index is 1.68. The molecule has 1 aliphatic carbocycles. The second-order valence-corrected chi connectivity index (χ2v) is 5.74. The normalized spacial score (nSPS) is 16.8. The van der Waals surface area contributed by atoms with Crippen LogP contribution < -0.4 is 10.1 Å². The lowest BCUT2D eigenvalue weighted by Gasteiger charge is -2.27. The summed E-state index contributed by atoms with van der Waals surface area (Å²) < 4.78 is 10.5. The van der Waals surface area contributed by atoms with E-state index in [0.29, 0.717) is 18.3 Å². The van der Waals surface area contributed by atoms with Gasteiger partial charge in [0.05, 0.1) is 20.3 Å². The van der Waals surface area contributed by atoms with Gasteiger partial charge in [-0.3, -0.25) is 0 Å². The zero-order valence-electron chi connectivity index (χ0n) is 12.7. The quantitative estimate of drug-likeness (QED) is 0.851. The molecule has 0 spiro atoms. The molecule has 1 heterocycles. The van der Waals surface area contributed by atoms with Crippen LogP contribution in [0.1, 0.15) is 31.6 Å². The van der Waals surface area contributed by atoms with Crippen molar-refractivity contribution in [2.24, 2.45) is 0 Å². The maximum atomic E-state index is 9.59. The lowest BCUT2D eigenvalue weighted by molar-refractivity contribution is 0.158. The minimum Gasteiger partial charge on any atom is -0.497 e. The lowest BCUT2D eigenvalue weighted by Crippen LogP contribution is -2.45. The Labute approximate surface area is 129 Å². The number of rotatable bonds is 6. The molecule has 2 aromatic rings. The smallest absolute Gasteiger partial charge is 0.240 e. The van der Waals surface area contributed by atoms with Gasteiger partial charge in [-0.1, -0.05) is 30.1 Å². The number of nitrogens with zero attached hydrogens (tertiary/aromatic N) is 2. The van der Waals surface area contributed by atoms with Crippen LogP contribution in [0.4, 0.5) is 0 Å². The summed E-state index contributed by atoms with van der Waals surface area (Å²) in [5, 5.41) is 17.0. The molecular weight excluding hydrogens is 282 g/mol. The van der Waals surface area contributed by atoms with E-state index in [9.17, 15) is 5.11 Å². The zero-order valence-corrected chi connectivity index (χ0v) is 12.7. The molecule has 1 aromatic heterocycles. The third kappa shape index (κ3) is 3.13. The molecule has 6 heteroatoms. The molecule has 3 rings (SSSR count). The summed E-state index contributed by atoms with van der Waals surface area (Å²) in [5.41, 5.74) is 0.664. The highest BCUT2D eigenvalue weighted by molar-refractivity contribution is 5.56. The lowest BCUT2D eigenvalue weighted by atomic mass is 9.99. The van der Waals surface area contributed by atoms with Gasteiger partial charge in [0.15, 0.2) is 0 Å². The van der Waals surface area contributed by atoms with Crippen molar-refractivity contribution in [2.75, 3.05) is 13.7 Å². The summed E-state index contributed by atoms with van der Waals surface area (Å²) in [6.07, 6.45) is 4.26. The number of methoxy groups -OCH3 is 1. The number of ether oxygens (including phenoxy) is 1. The zero-order chi connectivity index (χ0) is 15.4. The molecule has 0 atom stereocenters. The van der Waals surface area contributed by atoms with Crippen molar-refractivity contribution in [1.29, 1.82) is 0 Å². The fraction of sp³-hybridized carbons (Fsp3) is 0.500. The Morgan fingerprint density at radius 3 is 2.91 bits per heavy atom. The van der Waals surface area contributed by atoms with E-state index in [1.54, 1.807) is 7.11 Å². The van der Waals surface area contributed by atoms with E-state index in [1.165, 1.54) is 0 Å². The van der Waals surface area contributed by atoms with Crippen molar-refractivity contribution in [3.8, 4) is 17.1 Å². The van der Waals surface area contributed by atoms with Gasteiger partial charge in [0.1, 0.15) is 5.75 Å². The highest BCUT2D eigenvalue weighted by atomic mass is 16.5. The van der Waals surface area contributed by atoms with E-state index in [-0.39, 0.29) is 12.1 Å². The van der Waals surface area contributed by atoms with Crippen LogP contribution in [0.2, 0.25) is 0 Å². The third-order valence-corrected chi connectivity index (χ3v) is 4.27. The van der Waals surface area contributed by atoms with Gasteiger partial charge in [0.2, 0.25) is 11.7 Å². The molecule has 118 valence electrons. The molecule has 22 heavy (non-hydrogen) atoms. The molecule has 1 aromatic carbocycles.